The summed E-state index contributed by atoms with van der Waals surface area (Å²) >= 11 is 0. The third-order valence-electron chi connectivity index (χ3n) is 3.88. The lowest BCUT2D eigenvalue weighted by Crippen LogP contribution is -2.36. The molecule has 0 aromatic heterocycles. The van der Waals surface area contributed by atoms with Gasteiger partial charge in [0, 0.05) is 11.7 Å². The van der Waals surface area contributed by atoms with E-state index in [4.69, 9.17) is 11.5 Å². The molecule has 0 radical (unpaired) electrons. The Morgan fingerprint density at radius 3 is 2.25 bits per heavy atom. The van der Waals surface area contributed by atoms with Crippen molar-refractivity contribution < 1.29 is 4.39 Å². The molecule has 1 aliphatic rings. The summed E-state index contributed by atoms with van der Waals surface area (Å²) in [5.41, 5.74) is 11.0. The molecule has 0 unspecified atom stereocenters. The van der Waals surface area contributed by atoms with Crippen LogP contribution in [-0.2, 0) is 0 Å². The van der Waals surface area contributed by atoms with Crippen molar-refractivity contribution >= 4 is 0 Å². The number of alkyl halides is 1. The molecule has 0 heterocycles. The number of halogens is 1. The van der Waals surface area contributed by atoms with Crippen LogP contribution < -0.4 is 11.5 Å². The lowest BCUT2D eigenvalue weighted by atomic mass is 9.70. The van der Waals surface area contributed by atoms with Crippen LogP contribution in [0.4, 0.5) is 4.39 Å². The summed E-state index contributed by atoms with van der Waals surface area (Å²) in [6.45, 7) is 8.01. The molecule has 4 N–H and O–H groups in total. The molecule has 2 nitrogen and oxygen atoms in total. The third-order valence-corrected chi connectivity index (χ3v) is 3.88. The van der Waals surface area contributed by atoms with Gasteiger partial charge in [-0.15, -0.1) is 0 Å². The van der Waals surface area contributed by atoms with Crippen LogP contribution in [0.15, 0.2) is 12.3 Å². The van der Waals surface area contributed by atoms with Gasteiger partial charge in [0.15, 0.2) is 0 Å². The van der Waals surface area contributed by atoms with Crippen LogP contribution in [0.1, 0.15) is 52.4 Å². The van der Waals surface area contributed by atoms with Gasteiger partial charge in [0.2, 0.25) is 0 Å². The summed E-state index contributed by atoms with van der Waals surface area (Å²) < 4.78 is 14.4. The van der Waals surface area contributed by atoms with E-state index in [1.807, 2.05) is 0 Å². The maximum atomic E-state index is 14.4. The van der Waals surface area contributed by atoms with Crippen molar-refractivity contribution in [1.82, 2.24) is 0 Å². The van der Waals surface area contributed by atoms with Gasteiger partial charge < -0.3 is 11.5 Å². The number of rotatable bonds is 4. The highest BCUT2D eigenvalue weighted by molar-refractivity contribution is 4.99. The summed E-state index contributed by atoms with van der Waals surface area (Å²) in [5, 5.41) is 0. The first-order chi connectivity index (χ1) is 7.24. The van der Waals surface area contributed by atoms with Gasteiger partial charge in [-0.3, -0.25) is 0 Å². The molecule has 0 amide bonds. The van der Waals surface area contributed by atoms with E-state index in [1.165, 1.54) is 0 Å². The van der Waals surface area contributed by atoms with Gasteiger partial charge in [-0.25, -0.2) is 4.39 Å². The zero-order chi connectivity index (χ0) is 12.4. The predicted octanol–water partition coefficient (Wildman–Crippen LogP) is 2.87. The SMILES string of the molecule is C=C(N)[C@@H](N)CCC1(F)CCC(C)(C)CC1. The van der Waals surface area contributed by atoms with E-state index >= 15 is 0 Å². The smallest absolute Gasteiger partial charge is 0.111 e. The molecule has 1 saturated carbocycles. The van der Waals surface area contributed by atoms with Crippen molar-refractivity contribution in [3.05, 3.63) is 12.3 Å². The van der Waals surface area contributed by atoms with E-state index < -0.39 is 5.67 Å². The lowest BCUT2D eigenvalue weighted by Gasteiger charge is -2.39. The summed E-state index contributed by atoms with van der Waals surface area (Å²) in [4.78, 5) is 0. The Bertz CT molecular complexity index is 251. The summed E-state index contributed by atoms with van der Waals surface area (Å²) in [5.74, 6) is 0. The number of hydrogen-bond donors (Lipinski definition) is 2. The molecule has 0 spiro atoms. The fraction of sp³-hybridized carbons (Fsp3) is 0.846. The van der Waals surface area contributed by atoms with Crippen LogP contribution >= 0.6 is 0 Å². The van der Waals surface area contributed by atoms with Gasteiger partial charge in [-0.2, -0.15) is 0 Å². The average Bonchev–Trinajstić information content (AvgIpc) is 2.20. The largest absolute Gasteiger partial charge is 0.401 e. The minimum absolute atomic E-state index is 0.262. The third kappa shape index (κ3) is 3.78. The van der Waals surface area contributed by atoms with Crippen LogP contribution in [0.5, 0.6) is 0 Å². The average molecular weight is 228 g/mol. The molecule has 0 saturated heterocycles. The highest BCUT2D eigenvalue weighted by atomic mass is 19.1. The van der Waals surface area contributed by atoms with E-state index in [0.29, 0.717) is 36.8 Å². The second-order valence-corrected chi connectivity index (χ2v) is 6.04. The first-order valence-corrected chi connectivity index (χ1v) is 6.13. The summed E-state index contributed by atoms with van der Waals surface area (Å²) in [6, 6.07) is -0.262. The minimum atomic E-state index is -1.03. The highest BCUT2D eigenvalue weighted by Crippen LogP contribution is 2.44. The van der Waals surface area contributed by atoms with Crippen LogP contribution in [0.25, 0.3) is 0 Å². The molecule has 0 aliphatic heterocycles. The van der Waals surface area contributed by atoms with E-state index in [0.717, 1.165) is 12.8 Å². The second-order valence-electron chi connectivity index (χ2n) is 6.04. The molecule has 1 atom stereocenters. The predicted molar refractivity (Wildman–Crippen MR) is 66.6 cm³/mol. The fourth-order valence-corrected chi connectivity index (χ4v) is 2.22. The number of nitrogens with two attached hydrogens (primary N) is 2. The van der Waals surface area contributed by atoms with Gasteiger partial charge in [0.05, 0.1) is 0 Å². The monoisotopic (exact) mass is 228 g/mol. The molecule has 0 aromatic rings. The first kappa shape index (κ1) is 13.5. The first-order valence-electron chi connectivity index (χ1n) is 6.13. The van der Waals surface area contributed by atoms with Crippen LogP contribution in [0.3, 0.4) is 0 Å². The Hall–Kier alpha value is -0.570. The van der Waals surface area contributed by atoms with E-state index in [1.54, 1.807) is 0 Å². The Labute approximate surface area is 98.3 Å². The number of hydrogen-bond acceptors (Lipinski definition) is 2. The van der Waals surface area contributed by atoms with Gasteiger partial charge in [0.1, 0.15) is 5.67 Å². The Morgan fingerprint density at radius 1 is 1.31 bits per heavy atom. The van der Waals surface area contributed by atoms with E-state index in [2.05, 4.69) is 20.4 Å². The van der Waals surface area contributed by atoms with Crippen molar-refractivity contribution in [2.75, 3.05) is 0 Å². The molecule has 0 aromatic carbocycles. The Morgan fingerprint density at radius 2 is 1.81 bits per heavy atom. The molecule has 1 aliphatic carbocycles. The van der Waals surface area contributed by atoms with Crippen molar-refractivity contribution in [1.29, 1.82) is 0 Å². The topological polar surface area (TPSA) is 52.0 Å². The van der Waals surface area contributed by atoms with Gasteiger partial charge >= 0.3 is 0 Å². The molecule has 3 heteroatoms. The summed E-state index contributed by atoms with van der Waals surface area (Å²) in [6.07, 6.45) is 4.35. The highest BCUT2D eigenvalue weighted by Gasteiger charge is 2.38. The zero-order valence-electron chi connectivity index (χ0n) is 10.6. The van der Waals surface area contributed by atoms with E-state index in [-0.39, 0.29) is 6.04 Å². The molecule has 0 bridgehead atoms. The second kappa shape index (κ2) is 4.74. The van der Waals surface area contributed by atoms with Crippen LogP contribution in [0.2, 0.25) is 0 Å². The zero-order valence-corrected chi connectivity index (χ0v) is 10.6. The standard InChI is InChI=1S/C13H25FN2/c1-10(15)11(16)4-5-13(14)8-6-12(2,3)7-9-13/h11H,1,4-9,15-16H2,2-3H3/t11-/m0/s1. The minimum Gasteiger partial charge on any atom is -0.401 e. The van der Waals surface area contributed by atoms with Crippen molar-refractivity contribution in [2.45, 2.75) is 64.1 Å². The molecular formula is C13H25FN2. The van der Waals surface area contributed by atoms with E-state index in [9.17, 15) is 4.39 Å². The lowest BCUT2D eigenvalue weighted by molar-refractivity contribution is 0.0443. The molecule has 1 fully saturated rings. The van der Waals surface area contributed by atoms with Gasteiger partial charge in [-0.05, 0) is 43.9 Å². The molecule has 1 rings (SSSR count). The quantitative estimate of drug-likeness (QED) is 0.777. The van der Waals surface area contributed by atoms with Crippen molar-refractivity contribution in [2.24, 2.45) is 16.9 Å². The van der Waals surface area contributed by atoms with Gasteiger partial charge in [-0.1, -0.05) is 20.4 Å². The fourth-order valence-electron chi connectivity index (χ4n) is 2.22. The van der Waals surface area contributed by atoms with Crippen molar-refractivity contribution in [3.8, 4) is 0 Å². The van der Waals surface area contributed by atoms with Crippen LogP contribution in [0, 0.1) is 5.41 Å². The molecular weight excluding hydrogens is 203 g/mol. The Balaban J connectivity index is 2.40. The molecule has 16 heavy (non-hydrogen) atoms. The maximum Gasteiger partial charge on any atom is 0.111 e. The summed E-state index contributed by atoms with van der Waals surface area (Å²) in [7, 11) is 0. The van der Waals surface area contributed by atoms with Crippen molar-refractivity contribution in [3.63, 3.8) is 0 Å². The maximum absolute atomic E-state index is 14.4. The molecule has 94 valence electrons. The van der Waals surface area contributed by atoms with Crippen LogP contribution in [-0.4, -0.2) is 11.7 Å². The Kier molecular flexibility index (Phi) is 4.00. The van der Waals surface area contributed by atoms with Gasteiger partial charge in [0.25, 0.3) is 0 Å². The normalized spacial score (nSPS) is 25.0.